The fourth-order valence-electron chi connectivity index (χ4n) is 2.49. The predicted octanol–water partition coefficient (Wildman–Crippen LogP) is 2.75. The molecule has 25 heavy (non-hydrogen) atoms. The van der Waals surface area contributed by atoms with Crippen molar-refractivity contribution >= 4 is 32.4 Å². The maximum atomic E-state index is 12.7. The van der Waals surface area contributed by atoms with Gasteiger partial charge in [-0.25, -0.2) is 8.42 Å². The van der Waals surface area contributed by atoms with Gasteiger partial charge in [0.2, 0.25) is 0 Å². The van der Waals surface area contributed by atoms with Crippen molar-refractivity contribution in [2.24, 2.45) is 5.73 Å². The molecular weight excluding hydrogens is 340 g/mol. The number of nitrogens with two attached hydrogens (primary N) is 1. The van der Waals surface area contributed by atoms with Crippen LogP contribution >= 0.6 is 0 Å². The van der Waals surface area contributed by atoms with E-state index in [-0.39, 0.29) is 16.1 Å². The van der Waals surface area contributed by atoms with Gasteiger partial charge in [-0.1, -0.05) is 24.3 Å². The number of benzene rings is 3. The molecule has 0 aliphatic heterocycles. The van der Waals surface area contributed by atoms with E-state index in [2.05, 4.69) is 4.72 Å². The molecule has 0 spiro atoms. The van der Waals surface area contributed by atoms with Crippen LogP contribution in [0.4, 0.5) is 5.69 Å². The third kappa shape index (κ3) is 3.41. The molecule has 128 valence electrons. The highest BCUT2D eigenvalue weighted by Crippen LogP contribution is 2.25. The van der Waals surface area contributed by atoms with E-state index in [4.69, 9.17) is 10.5 Å². The van der Waals surface area contributed by atoms with E-state index in [0.717, 1.165) is 10.8 Å². The number of fused-ring (bicyclic) bond motifs is 1. The Labute approximate surface area is 145 Å². The summed E-state index contributed by atoms with van der Waals surface area (Å²) in [4.78, 5) is 11.5. The summed E-state index contributed by atoms with van der Waals surface area (Å²) in [7, 11) is -2.30. The van der Waals surface area contributed by atoms with Gasteiger partial charge in [0.05, 0.1) is 23.3 Å². The Balaban J connectivity index is 2.00. The van der Waals surface area contributed by atoms with Gasteiger partial charge in [-0.05, 0) is 47.2 Å². The first kappa shape index (κ1) is 16.8. The number of carbonyl (C=O) groups is 1. The topological polar surface area (TPSA) is 98.5 Å². The standard InChI is InChI=1S/C18H16N2O4S/c1-24-14-8-6-13-11-15(9-7-12(13)10-14)25(22,23)20-17-5-3-2-4-16(17)18(19)21/h2-11,20H,1H3,(H2,19,21). The number of rotatable bonds is 5. The predicted molar refractivity (Wildman–Crippen MR) is 96.3 cm³/mol. The molecule has 7 heteroatoms. The van der Waals surface area contributed by atoms with Gasteiger partial charge in [0.1, 0.15) is 5.75 Å². The molecule has 3 rings (SSSR count). The minimum absolute atomic E-state index is 0.0874. The van der Waals surface area contributed by atoms with Crippen molar-refractivity contribution in [1.82, 2.24) is 0 Å². The maximum Gasteiger partial charge on any atom is 0.261 e. The zero-order valence-electron chi connectivity index (χ0n) is 13.4. The monoisotopic (exact) mass is 356 g/mol. The molecule has 0 fully saturated rings. The number of hydrogen-bond donors (Lipinski definition) is 2. The summed E-state index contributed by atoms with van der Waals surface area (Å²) >= 11 is 0. The first-order valence-corrected chi connectivity index (χ1v) is 8.88. The molecule has 3 aromatic rings. The second-order valence-electron chi connectivity index (χ2n) is 5.39. The van der Waals surface area contributed by atoms with Crippen LogP contribution in [0.1, 0.15) is 10.4 Å². The molecule has 0 atom stereocenters. The highest BCUT2D eigenvalue weighted by atomic mass is 32.2. The molecule has 0 radical (unpaired) electrons. The van der Waals surface area contributed by atoms with Gasteiger partial charge < -0.3 is 10.5 Å². The van der Waals surface area contributed by atoms with Gasteiger partial charge >= 0.3 is 0 Å². The summed E-state index contributed by atoms with van der Waals surface area (Å²) in [5.74, 6) is -0.0134. The van der Waals surface area contributed by atoms with E-state index in [0.29, 0.717) is 5.75 Å². The molecule has 0 aliphatic rings. The Morgan fingerprint density at radius 3 is 2.40 bits per heavy atom. The van der Waals surface area contributed by atoms with Gasteiger partial charge in [-0.3, -0.25) is 9.52 Å². The third-order valence-corrected chi connectivity index (χ3v) is 5.13. The lowest BCUT2D eigenvalue weighted by molar-refractivity contribution is 0.100. The SMILES string of the molecule is COc1ccc2cc(S(=O)(=O)Nc3ccccc3C(N)=O)ccc2c1. The molecule has 0 aliphatic carbocycles. The largest absolute Gasteiger partial charge is 0.497 e. The number of carbonyl (C=O) groups excluding carboxylic acids is 1. The van der Waals surface area contributed by atoms with Crippen molar-refractivity contribution in [3.63, 3.8) is 0 Å². The Kier molecular flexibility index (Phi) is 4.33. The van der Waals surface area contributed by atoms with Crippen molar-refractivity contribution in [3.05, 3.63) is 66.2 Å². The highest BCUT2D eigenvalue weighted by Gasteiger charge is 2.18. The fourth-order valence-corrected chi connectivity index (χ4v) is 3.60. The smallest absolute Gasteiger partial charge is 0.261 e. The normalized spacial score (nSPS) is 11.2. The van der Waals surface area contributed by atoms with Crippen LogP contribution in [0.3, 0.4) is 0 Å². The third-order valence-electron chi connectivity index (χ3n) is 3.77. The van der Waals surface area contributed by atoms with Crippen LogP contribution in [0.5, 0.6) is 5.75 Å². The van der Waals surface area contributed by atoms with Gasteiger partial charge in [0.25, 0.3) is 15.9 Å². The second-order valence-corrected chi connectivity index (χ2v) is 7.07. The molecular formula is C18H16N2O4S. The molecule has 1 amide bonds. The maximum absolute atomic E-state index is 12.7. The molecule has 3 N–H and O–H groups in total. The van der Waals surface area contributed by atoms with Crippen LogP contribution in [0, 0.1) is 0 Å². The minimum Gasteiger partial charge on any atom is -0.497 e. The number of hydrogen-bond acceptors (Lipinski definition) is 4. The van der Waals surface area contributed by atoms with Crippen molar-refractivity contribution in [2.45, 2.75) is 4.90 Å². The number of sulfonamides is 1. The van der Waals surface area contributed by atoms with Crippen LogP contribution < -0.4 is 15.2 Å². The summed E-state index contributed by atoms with van der Waals surface area (Å²) in [6.45, 7) is 0. The van der Waals surface area contributed by atoms with E-state index < -0.39 is 15.9 Å². The molecule has 0 saturated heterocycles. The van der Waals surface area contributed by atoms with E-state index >= 15 is 0 Å². The number of anilines is 1. The van der Waals surface area contributed by atoms with E-state index in [1.54, 1.807) is 43.5 Å². The average Bonchev–Trinajstić information content (AvgIpc) is 2.60. The summed E-state index contributed by atoms with van der Waals surface area (Å²) < 4.78 is 32.9. The molecule has 0 heterocycles. The van der Waals surface area contributed by atoms with E-state index in [1.807, 2.05) is 6.07 Å². The molecule has 6 nitrogen and oxygen atoms in total. The van der Waals surface area contributed by atoms with Crippen LogP contribution in [0.15, 0.2) is 65.6 Å². The number of nitrogens with one attached hydrogen (secondary N) is 1. The van der Waals surface area contributed by atoms with E-state index in [1.165, 1.54) is 18.2 Å². The number of primary amides is 1. The Morgan fingerprint density at radius 2 is 1.68 bits per heavy atom. The van der Waals surface area contributed by atoms with Crippen LogP contribution in [0.25, 0.3) is 10.8 Å². The number of methoxy groups -OCH3 is 1. The van der Waals surface area contributed by atoms with Crippen LogP contribution in [-0.2, 0) is 10.0 Å². The first-order chi connectivity index (χ1) is 11.9. The lowest BCUT2D eigenvalue weighted by atomic mass is 10.1. The number of amides is 1. The first-order valence-electron chi connectivity index (χ1n) is 7.40. The van der Waals surface area contributed by atoms with E-state index in [9.17, 15) is 13.2 Å². The Morgan fingerprint density at radius 1 is 1.00 bits per heavy atom. The molecule has 0 unspecified atom stereocenters. The van der Waals surface area contributed by atoms with Crippen LogP contribution in [-0.4, -0.2) is 21.4 Å². The second kappa shape index (κ2) is 6.45. The van der Waals surface area contributed by atoms with Crippen molar-refractivity contribution in [2.75, 3.05) is 11.8 Å². The number of ether oxygens (including phenoxy) is 1. The molecule has 0 aromatic heterocycles. The average molecular weight is 356 g/mol. The molecule has 3 aromatic carbocycles. The summed E-state index contributed by atoms with van der Waals surface area (Å²) in [5.41, 5.74) is 5.54. The summed E-state index contributed by atoms with van der Waals surface area (Å²) in [6.07, 6.45) is 0. The minimum atomic E-state index is -3.87. The Hall–Kier alpha value is -3.06. The zero-order valence-corrected chi connectivity index (χ0v) is 14.2. The fraction of sp³-hybridized carbons (Fsp3) is 0.0556. The van der Waals surface area contributed by atoms with Crippen molar-refractivity contribution in [1.29, 1.82) is 0 Å². The number of para-hydroxylation sites is 1. The van der Waals surface area contributed by atoms with Crippen molar-refractivity contribution < 1.29 is 17.9 Å². The Bertz CT molecular complexity index is 1060. The summed E-state index contributed by atoms with van der Waals surface area (Å²) in [6, 6.07) is 16.3. The quantitative estimate of drug-likeness (QED) is 0.734. The highest BCUT2D eigenvalue weighted by molar-refractivity contribution is 7.92. The summed E-state index contributed by atoms with van der Waals surface area (Å²) in [5, 5.41) is 1.61. The molecule has 0 bridgehead atoms. The van der Waals surface area contributed by atoms with Gasteiger partial charge in [0, 0.05) is 0 Å². The molecule has 0 saturated carbocycles. The van der Waals surface area contributed by atoms with Crippen LogP contribution in [0.2, 0.25) is 0 Å². The van der Waals surface area contributed by atoms with Gasteiger partial charge in [0.15, 0.2) is 0 Å². The lowest BCUT2D eigenvalue weighted by Gasteiger charge is -2.11. The lowest BCUT2D eigenvalue weighted by Crippen LogP contribution is -2.18. The zero-order chi connectivity index (χ0) is 18.0. The van der Waals surface area contributed by atoms with Gasteiger partial charge in [-0.15, -0.1) is 0 Å². The van der Waals surface area contributed by atoms with Gasteiger partial charge in [-0.2, -0.15) is 0 Å². The van der Waals surface area contributed by atoms with Crippen molar-refractivity contribution in [3.8, 4) is 5.75 Å².